The van der Waals surface area contributed by atoms with Gasteiger partial charge in [-0.1, -0.05) is 6.92 Å². The van der Waals surface area contributed by atoms with Crippen LogP contribution in [0.5, 0.6) is 0 Å². The summed E-state index contributed by atoms with van der Waals surface area (Å²) >= 11 is 0. The summed E-state index contributed by atoms with van der Waals surface area (Å²) in [6.07, 6.45) is 5.35. The van der Waals surface area contributed by atoms with Gasteiger partial charge in [0.2, 0.25) is 0 Å². The number of aliphatic carboxylic acids is 1. The van der Waals surface area contributed by atoms with Gasteiger partial charge in [0.1, 0.15) is 0 Å². The lowest BCUT2D eigenvalue weighted by Crippen LogP contribution is -2.33. The largest absolute Gasteiger partial charge is 0.481 e. The van der Waals surface area contributed by atoms with E-state index in [1.165, 1.54) is 19.4 Å². The summed E-state index contributed by atoms with van der Waals surface area (Å²) in [5, 5.41) is 8.85. The molecule has 0 unspecified atom stereocenters. The first kappa shape index (κ1) is 10.9. The van der Waals surface area contributed by atoms with Crippen molar-refractivity contribution in [2.45, 2.75) is 39.0 Å². The summed E-state index contributed by atoms with van der Waals surface area (Å²) in [6, 6.07) is 0. The minimum atomic E-state index is -0.630. The third-order valence-corrected chi connectivity index (χ3v) is 3.70. The highest BCUT2D eigenvalue weighted by Gasteiger charge is 2.45. The zero-order chi connectivity index (χ0) is 10.9. The minimum Gasteiger partial charge on any atom is -0.481 e. The van der Waals surface area contributed by atoms with E-state index in [4.69, 9.17) is 5.11 Å². The van der Waals surface area contributed by atoms with Crippen molar-refractivity contribution < 1.29 is 9.90 Å². The van der Waals surface area contributed by atoms with Crippen molar-refractivity contribution in [3.8, 4) is 0 Å². The van der Waals surface area contributed by atoms with E-state index in [1.807, 2.05) is 0 Å². The molecule has 3 heteroatoms. The van der Waals surface area contributed by atoms with Gasteiger partial charge in [0.05, 0.1) is 6.42 Å². The Bertz CT molecular complexity index is 244. The first-order valence-electron chi connectivity index (χ1n) is 6.08. The number of rotatable bonds is 7. The topological polar surface area (TPSA) is 40.5 Å². The zero-order valence-electron chi connectivity index (χ0n) is 9.54. The highest BCUT2D eigenvalue weighted by atomic mass is 16.4. The molecule has 0 aromatic carbocycles. The maximum Gasteiger partial charge on any atom is 0.303 e. The van der Waals surface area contributed by atoms with Crippen molar-refractivity contribution in [3.63, 3.8) is 0 Å². The van der Waals surface area contributed by atoms with Gasteiger partial charge < -0.3 is 10.0 Å². The summed E-state index contributed by atoms with van der Waals surface area (Å²) in [5.74, 6) is 0.278. The van der Waals surface area contributed by atoms with Crippen molar-refractivity contribution in [3.05, 3.63) is 0 Å². The van der Waals surface area contributed by atoms with Crippen LogP contribution in [0, 0.1) is 11.3 Å². The van der Waals surface area contributed by atoms with Crippen molar-refractivity contribution >= 4 is 5.97 Å². The van der Waals surface area contributed by atoms with Crippen LogP contribution >= 0.6 is 0 Å². The molecule has 2 saturated carbocycles. The smallest absolute Gasteiger partial charge is 0.303 e. The first-order chi connectivity index (χ1) is 7.13. The highest BCUT2D eigenvalue weighted by molar-refractivity contribution is 5.68. The van der Waals surface area contributed by atoms with E-state index in [-0.39, 0.29) is 5.41 Å². The van der Waals surface area contributed by atoms with Crippen LogP contribution in [0.3, 0.4) is 0 Å². The molecule has 15 heavy (non-hydrogen) atoms. The molecular formula is C12H21NO2. The Kier molecular flexibility index (Phi) is 3.01. The van der Waals surface area contributed by atoms with E-state index < -0.39 is 5.97 Å². The molecule has 0 atom stereocenters. The number of hydrogen-bond donors (Lipinski definition) is 1. The molecule has 2 rings (SSSR count). The molecule has 0 aromatic rings. The van der Waals surface area contributed by atoms with Crippen LogP contribution in [0.25, 0.3) is 0 Å². The molecule has 0 radical (unpaired) electrons. The van der Waals surface area contributed by atoms with Gasteiger partial charge in [-0.25, -0.2) is 0 Å². The van der Waals surface area contributed by atoms with Crippen LogP contribution in [0.2, 0.25) is 0 Å². The van der Waals surface area contributed by atoms with Crippen molar-refractivity contribution in [2.24, 2.45) is 11.3 Å². The predicted molar refractivity (Wildman–Crippen MR) is 58.8 cm³/mol. The number of hydrogen-bond acceptors (Lipinski definition) is 2. The Balaban J connectivity index is 1.79. The van der Waals surface area contributed by atoms with Gasteiger partial charge in [-0.15, -0.1) is 0 Å². The summed E-state index contributed by atoms with van der Waals surface area (Å²) in [5.41, 5.74) is 0.136. The molecule has 0 heterocycles. The van der Waals surface area contributed by atoms with Gasteiger partial charge >= 0.3 is 5.97 Å². The monoisotopic (exact) mass is 211 g/mol. The second kappa shape index (κ2) is 4.12. The molecule has 0 aliphatic heterocycles. The van der Waals surface area contributed by atoms with E-state index in [2.05, 4.69) is 11.8 Å². The van der Waals surface area contributed by atoms with Gasteiger partial charge in [-0.05, 0) is 43.6 Å². The van der Waals surface area contributed by atoms with Crippen LogP contribution in [-0.4, -0.2) is 35.6 Å². The molecule has 0 spiro atoms. The molecule has 86 valence electrons. The number of carbonyl (C=O) groups is 1. The van der Waals surface area contributed by atoms with Crippen LogP contribution in [0.15, 0.2) is 0 Å². The standard InChI is InChI=1S/C12H21NO2/c1-2-13(8-10-3-4-10)9-12(5-6-12)7-11(14)15/h10H,2-9H2,1H3,(H,14,15). The predicted octanol–water partition coefficient (Wildman–Crippen LogP) is 1.97. The van der Waals surface area contributed by atoms with Crippen LogP contribution < -0.4 is 0 Å². The van der Waals surface area contributed by atoms with Crippen molar-refractivity contribution in [1.82, 2.24) is 4.90 Å². The molecule has 0 saturated heterocycles. The SMILES string of the molecule is CCN(CC1CC1)CC1(CC(=O)O)CC1. The van der Waals surface area contributed by atoms with Gasteiger partial charge in [0.15, 0.2) is 0 Å². The van der Waals surface area contributed by atoms with E-state index in [0.29, 0.717) is 6.42 Å². The normalized spacial score (nSPS) is 23.1. The first-order valence-corrected chi connectivity index (χ1v) is 6.08. The summed E-state index contributed by atoms with van der Waals surface area (Å²) in [7, 11) is 0. The lowest BCUT2D eigenvalue weighted by atomic mass is 10.0. The van der Waals surface area contributed by atoms with Crippen molar-refractivity contribution in [1.29, 1.82) is 0 Å². The second-order valence-electron chi connectivity index (χ2n) is 5.34. The maximum atomic E-state index is 10.7. The average Bonchev–Trinajstić information content (AvgIpc) is 3.02. The molecule has 2 aliphatic rings. The average molecular weight is 211 g/mol. The third-order valence-electron chi connectivity index (χ3n) is 3.70. The lowest BCUT2D eigenvalue weighted by Gasteiger charge is -2.25. The summed E-state index contributed by atoms with van der Waals surface area (Å²) < 4.78 is 0. The maximum absolute atomic E-state index is 10.7. The summed E-state index contributed by atoms with van der Waals surface area (Å²) in [6.45, 7) is 5.45. The molecule has 2 fully saturated rings. The molecule has 1 N–H and O–H groups in total. The Morgan fingerprint density at radius 1 is 1.47 bits per heavy atom. The number of carboxylic acid groups (broad SMARTS) is 1. The van der Waals surface area contributed by atoms with E-state index in [9.17, 15) is 4.79 Å². The molecule has 2 aliphatic carbocycles. The van der Waals surface area contributed by atoms with Gasteiger partial charge in [-0.3, -0.25) is 4.79 Å². The van der Waals surface area contributed by atoms with E-state index >= 15 is 0 Å². The fraction of sp³-hybridized carbons (Fsp3) is 0.917. The van der Waals surface area contributed by atoms with E-state index in [1.54, 1.807) is 0 Å². The molecule has 0 bridgehead atoms. The molecule has 0 amide bonds. The van der Waals surface area contributed by atoms with Crippen LogP contribution in [0.4, 0.5) is 0 Å². The Morgan fingerprint density at radius 3 is 2.53 bits per heavy atom. The Hall–Kier alpha value is -0.570. The molecule has 0 aromatic heterocycles. The highest BCUT2D eigenvalue weighted by Crippen LogP contribution is 2.49. The minimum absolute atomic E-state index is 0.136. The molecule has 3 nitrogen and oxygen atoms in total. The van der Waals surface area contributed by atoms with Gasteiger partial charge in [0.25, 0.3) is 0 Å². The summed E-state index contributed by atoms with van der Waals surface area (Å²) in [4.78, 5) is 13.2. The number of carboxylic acids is 1. The van der Waals surface area contributed by atoms with Gasteiger partial charge in [0, 0.05) is 13.1 Å². The fourth-order valence-electron chi connectivity index (χ4n) is 2.33. The second-order valence-corrected chi connectivity index (χ2v) is 5.34. The third kappa shape index (κ3) is 3.20. The Morgan fingerprint density at radius 2 is 2.13 bits per heavy atom. The number of nitrogens with zero attached hydrogens (tertiary/aromatic N) is 1. The fourth-order valence-corrected chi connectivity index (χ4v) is 2.33. The van der Waals surface area contributed by atoms with E-state index in [0.717, 1.165) is 31.8 Å². The van der Waals surface area contributed by atoms with Crippen molar-refractivity contribution in [2.75, 3.05) is 19.6 Å². The lowest BCUT2D eigenvalue weighted by molar-refractivity contribution is -0.138. The Labute approximate surface area is 91.5 Å². The van der Waals surface area contributed by atoms with Crippen LogP contribution in [0.1, 0.15) is 39.0 Å². The zero-order valence-corrected chi connectivity index (χ0v) is 9.54. The van der Waals surface area contributed by atoms with Crippen LogP contribution in [-0.2, 0) is 4.79 Å². The van der Waals surface area contributed by atoms with Gasteiger partial charge in [-0.2, -0.15) is 0 Å². The molecular weight excluding hydrogens is 190 g/mol. The quantitative estimate of drug-likeness (QED) is 0.700.